The molecule has 0 aromatic heterocycles. The summed E-state index contributed by atoms with van der Waals surface area (Å²) in [5, 5.41) is 4.04. The van der Waals surface area contributed by atoms with E-state index in [4.69, 9.17) is 11.6 Å². The molecule has 0 spiro atoms. The molecule has 3 heteroatoms. The Labute approximate surface area is 110 Å². The zero-order valence-corrected chi connectivity index (χ0v) is 11.6. The van der Waals surface area contributed by atoms with Crippen molar-refractivity contribution in [3.63, 3.8) is 0 Å². The second-order valence-corrected chi connectivity index (χ2v) is 5.22. The molecular weight excluding hydrogens is 286 g/mol. The molecule has 1 nitrogen and oxygen atoms in total. The second kappa shape index (κ2) is 6.89. The van der Waals surface area contributed by atoms with Gasteiger partial charge in [-0.05, 0) is 24.6 Å². The molecule has 1 N–H and O–H groups in total. The van der Waals surface area contributed by atoms with Crippen LogP contribution in [-0.4, -0.2) is 13.1 Å². The van der Waals surface area contributed by atoms with Crippen LogP contribution in [0.5, 0.6) is 0 Å². The number of hydrogen-bond acceptors (Lipinski definition) is 1. The first-order chi connectivity index (χ1) is 7.58. The van der Waals surface area contributed by atoms with Crippen LogP contribution in [0.2, 0.25) is 5.02 Å². The Morgan fingerprint density at radius 1 is 1.38 bits per heavy atom. The highest BCUT2D eigenvalue weighted by Crippen LogP contribution is 2.12. The molecular formula is C13H15BrClN. The topological polar surface area (TPSA) is 12.0 Å². The van der Waals surface area contributed by atoms with E-state index in [0.29, 0.717) is 0 Å². The van der Waals surface area contributed by atoms with Crippen molar-refractivity contribution in [3.05, 3.63) is 51.5 Å². The molecule has 0 heterocycles. The molecule has 86 valence electrons. The molecule has 16 heavy (non-hydrogen) atoms. The summed E-state index contributed by atoms with van der Waals surface area (Å²) in [6.07, 6.45) is 2.14. The molecule has 0 radical (unpaired) electrons. The van der Waals surface area contributed by atoms with Crippen LogP contribution in [0.3, 0.4) is 0 Å². The summed E-state index contributed by atoms with van der Waals surface area (Å²) in [7, 11) is 0. The quantitative estimate of drug-likeness (QED) is 0.857. The van der Waals surface area contributed by atoms with Crippen LogP contribution in [0.1, 0.15) is 12.5 Å². The van der Waals surface area contributed by atoms with Crippen LogP contribution in [0.15, 0.2) is 40.9 Å². The zero-order chi connectivity index (χ0) is 12.0. The fourth-order valence-corrected chi connectivity index (χ4v) is 1.61. The standard InChI is InChI=1S/C13H15BrClN/c1-10(8-16-9-11(2)14)7-12-3-5-13(15)6-4-12/h3-7,16H,2,8-9H2,1H3/b10-7-. The van der Waals surface area contributed by atoms with E-state index in [-0.39, 0.29) is 0 Å². The van der Waals surface area contributed by atoms with E-state index >= 15 is 0 Å². The van der Waals surface area contributed by atoms with Crippen LogP contribution in [0, 0.1) is 0 Å². The van der Waals surface area contributed by atoms with E-state index < -0.39 is 0 Å². The van der Waals surface area contributed by atoms with Crippen molar-refractivity contribution in [2.24, 2.45) is 0 Å². The maximum absolute atomic E-state index is 5.82. The summed E-state index contributed by atoms with van der Waals surface area (Å²) in [5.74, 6) is 0. The normalized spacial score (nSPS) is 11.6. The molecule has 0 unspecified atom stereocenters. The lowest BCUT2D eigenvalue weighted by Gasteiger charge is -2.04. The molecule has 1 aromatic rings. The van der Waals surface area contributed by atoms with Crippen LogP contribution < -0.4 is 5.32 Å². The Morgan fingerprint density at radius 3 is 2.56 bits per heavy atom. The maximum atomic E-state index is 5.82. The van der Waals surface area contributed by atoms with Gasteiger partial charge in [-0.25, -0.2) is 0 Å². The Balaban J connectivity index is 2.49. The van der Waals surface area contributed by atoms with Crippen molar-refractivity contribution < 1.29 is 0 Å². The van der Waals surface area contributed by atoms with E-state index in [1.54, 1.807) is 0 Å². The molecule has 0 bridgehead atoms. The minimum absolute atomic E-state index is 0.767. The largest absolute Gasteiger partial charge is 0.308 e. The third-order valence-electron chi connectivity index (χ3n) is 2.00. The number of nitrogens with one attached hydrogen (secondary N) is 1. The molecule has 0 atom stereocenters. The van der Waals surface area contributed by atoms with E-state index in [1.165, 1.54) is 11.1 Å². The Hall–Kier alpha value is -0.570. The summed E-state index contributed by atoms with van der Waals surface area (Å²) >= 11 is 9.13. The molecule has 1 rings (SSSR count). The van der Waals surface area contributed by atoms with Crippen molar-refractivity contribution in [2.75, 3.05) is 13.1 Å². The molecule has 0 saturated heterocycles. The molecule has 1 aromatic carbocycles. The number of benzene rings is 1. The number of halogens is 2. The van der Waals surface area contributed by atoms with Gasteiger partial charge in [-0.1, -0.05) is 57.9 Å². The maximum Gasteiger partial charge on any atom is 0.0406 e. The van der Waals surface area contributed by atoms with Gasteiger partial charge in [-0.3, -0.25) is 0 Å². The predicted octanol–water partition coefficient (Wildman–Crippen LogP) is 4.24. The fourth-order valence-electron chi connectivity index (χ4n) is 1.29. The van der Waals surface area contributed by atoms with Gasteiger partial charge in [-0.15, -0.1) is 0 Å². The van der Waals surface area contributed by atoms with Gasteiger partial charge in [0.15, 0.2) is 0 Å². The van der Waals surface area contributed by atoms with Crippen molar-refractivity contribution in [1.82, 2.24) is 5.32 Å². The molecule has 0 fully saturated rings. The Kier molecular flexibility index (Phi) is 5.81. The lowest BCUT2D eigenvalue weighted by Crippen LogP contribution is -2.17. The zero-order valence-electron chi connectivity index (χ0n) is 9.26. The van der Waals surface area contributed by atoms with Crippen LogP contribution in [0.4, 0.5) is 0 Å². The molecule has 0 aliphatic rings. The monoisotopic (exact) mass is 299 g/mol. The van der Waals surface area contributed by atoms with Crippen molar-refractivity contribution in [2.45, 2.75) is 6.92 Å². The third kappa shape index (κ3) is 5.50. The van der Waals surface area contributed by atoms with Crippen molar-refractivity contribution >= 4 is 33.6 Å². The molecule has 0 aliphatic heterocycles. The van der Waals surface area contributed by atoms with Gasteiger partial charge in [0.05, 0.1) is 0 Å². The van der Waals surface area contributed by atoms with Gasteiger partial charge in [0.1, 0.15) is 0 Å². The van der Waals surface area contributed by atoms with Crippen LogP contribution in [-0.2, 0) is 0 Å². The van der Waals surface area contributed by atoms with Gasteiger partial charge in [0, 0.05) is 22.6 Å². The summed E-state index contributed by atoms with van der Waals surface area (Å²) in [4.78, 5) is 0. The van der Waals surface area contributed by atoms with Crippen molar-refractivity contribution in [3.8, 4) is 0 Å². The highest BCUT2D eigenvalue weighted by Gasteiger charge is 1.93. The first-order valence-corrected chi connectivity index (χ1v) is 6.22. The molecule has 0 aliphatic carbocycles. The van der Waals surface area contributed by atoms with E-state index in [0.717, 1.165) is 22.6 Å². The average Bonchev–Trinajstić information content (AvgIpc) is 2.21. The predicted molar refractivity (Wildman–Crippen MR) is 76.0 cm³/mol. The lowest BCUT2D eigenvalue weighted by molar-refractivity contribution is 0.814. The van der Waals surface area contributed by atoms with Gasteiger partial charge in [0.2, 0.25) is 0 Å². The van der Waals surface area contributed by atoms with Crippen molar-refractivity contribution in [1.29, 1.82) is 0 Å². The fraction of sp³-hybridized carbons (Fsp3) is 0.231. The third-order valence-corrected chi connectivity index (χ3v) is 2.54. The highest BCUT2D eigenvalue weighted by molar-refractivity contribution is 9.11. The summed E-state index contributed by atoms with van der Waals surface area (Å²) in [5.41, 5.74) is 2.44. The number of rotatable bonds is 5. The van der Waals surface area contributed by atoms with Gasteiger partial charge >= 0.3 is 0 Å². The van der Waals surface area contributed by atoms with Crippen LogP contribution in [0.25, 0.3) is 6.08 Å². The number of hydrogen-bond donors (Lipinski definition) is 1. The Bertz CT molecular complexity index is 381. The van der Waals surface area contributed by atoms with Gasteiger partial charge in [-0.2, -0.15) is 0 Å². The van der Waals surface area contributed by atoms with Crippen LogP contribution >= 0.6 is 27.5 Å². The second-order valence-electron chi connectivity index (χ2n) is 3.66. The minimum atomic E-state index is 0.767. The van der Waals surface area contributed by atoms with Gasteiger partial charge in [0.25, 0.3) is 0 Å². The minimum Gasteiger partial charge on any atom is -0.308 e. The van der Waals surface area contributed by atoms with E-state index in [2.05, 4.69) is 40.8 Å². The average molecular weight is 301 g/mol. The smallest absolute Gasteiger partial charge is 0.0406 e. The molecule has 0 saturated carbocycles. The SMILES string of the molecule is C=C(Br)CNC/C(C)=C\c1ccc(Cl)cc1. The van der Waals surface area contributed by atoms with E-state index in [1.807, 2.05) is 24.3 Å². The lowest BCUT2D eigenvalue weighted by atomic mass is 10.1. The highest BCUT2D eigenvalue weighted by atomic mass is 79.9. The first kappa shape index (κ1) is 13.5. The summed E-state index contributed by atoms with van der Waals surface area (Å²) in [6.45, 7) is 7.50. The first-order valence-electron chi connectivity index (χ1n) is 5.04. The summed E-state index contributed by atoms with van der Waals surface area (Å²) in [6, 6.07) is 7.81. The van der Waals surface area contributed by atoms with Gasteiger partial charge < -0.3 is 5.32 Å². The summed E-state index contributed by atoms with van der Waals surface area (Å²) < 4.78 is 0.965. The van der Waals surface area contributed by atoms with E-state index in [9.17, 15) is 0 Å². The Morgan fingerprint density at radius 2 is 2.00 bits per heavy atom. The molecule has 0 amide bonds.